The molecule has 0 spiro atoms. The Morgan fingerprint density at radius 3 is 2.33 bits per heavy atom. The SMILES string of the molecule is COc1ccc(C(=O)CNc2cccc(C(=O)c3ccccc3)c2)cc1F. The highest BCUT2D eigenvalue weighted by molar-refractivity contribution is 6.09. The van der Waals surface area contributed by atoms with Crippen LogP contribution >= 0.6 is 0 Å². The maximum Gasteiger partial charge on any atom is 0.193 e. The van der Waals surface area contributed by atoms with Crippen LogP contribution in [0.5, 0.6) is 5.75 Å². The summed E-state index contributed by atoms with van der Waals surface area (Å²) in [4.78, 5) is 24.8. The molecule has 0 aliphatic rings. The zero-order chi connectivity index (χ0) is 19.2. The molecule has 0 fully saturated rings. The number of hydrogen-bond acceptors (Lipinski definition) is 4. The van der Waals surface area contributed by atoms with E-state index in [1.54, 1.807) is 36.4 Å². The molecule has 0 aliphatic carbocycles. The Morgan fingerprint density at radius 1 is 0.889 bits per heavy atom. The molecular formula is C22H18FNO3. The van der Waals surface area contributed by atoms with Crippen LogP contribution in [0, 0.1) is 5.82 Å². The van der Waals surface area contributed by atoms with Crippen molar-refractivity contribution in [1.82, 2.24) is 0 Å². The van der Waals surface area contributed by atoms with Crippen LogP contribution in [-0.2, 0) is 0 Å². The molecule has 5 heteroatoms. The number of methoxy groups -OCH3 is 1. The van der Waals surface area contributed by atoms with Gasteiger partial charge in [-0.2, -0.15) is 0 Å². The summed E-state index contributed by atoms with van der Waals surface area (Å²) < 4.78 is 18.6. The third-order valence-electron chi connectivity index (χ3n) is 4.09. The molecule has 0 aromatic heterocycles. The van der Waals surface area contributed by atoms with E-state index < -0.39 is 5.82 Å². The Bertz CT molecular complexity index is 970. The monoisotopic (exact) mass is 363 g/mol. The number of anilines is 1. The predicted octanol–water partition coefficient (Wildman–Crippen LogP) is 4.36. The van der Waals surface area contributed by atoms with Crippen molar-refractivity contribution in [3.05, 3.63) is 95.3 Å². The third-order valence-corrected chi connectivity index (χ3v) is 4.09. The number of Topliss-reactive ketones (excluding diaryl/α,β-unsaturated/α-hetero) is 1. The van der Waals surface area contributed by atoms with E-state index in [2.05, 4.69) is 5.32 Å². The molecule has 0 saturated carbocycles. The maximum atomic E-state index is 13.7. The van der Waals surface area contributed by atoms with Crippen molar-refractivity contribution in [3.8, 4) is 5.75 Å². The number of nitrogens with one attached hydrogen (secondary N) is 1. The molecule has 136 valence electrons. The molecule has 0 amide bonds. The van der Waals surface area contributed by atoms with Gasteiger partial charge in [-0.15, -0.1) is 0 Å². The average molecular weight is 363 g/mol. The van der Waals surface area contributed by atoms with Crippen LogP contribution in [0.25, 0.3) is 0 Å². The van der Waals surface area contributed by atoms with Gasteiger partial charge in [0.25, 0.3) is 0 Å². The Labute approximate surface area is 156 Å². The van der Waals surface area contributed by atoms with Gasteiger partial charge < -0.3 is 10.1 Å². The van der Waals surface area contributed by atoms with Gasteiger partial charge in [-0.1, -0.05) is 42.5 Å². The van der Waals surface area contributed by atoms with Crippen LogP contribution in [-0.4, -0.2) is 25.2 Å². The number of rotatable bonds is 7. The standard InChI is InChI=1S/C22H18FNO3/c1-27-21-11-10-16(13-19(21)23)20(25)14-24-18-9-5-8-17(12-18)22(26)15-6-3-2-4-7-15/h2-13,24H,14H2,1H3. The quantitative estimate of drug-likeness (QED) is 0.634. The molecule has 3 aromatic rings. The molecule has 0 heterocycles. The van der Waals surface area contributed by atoms with Crippen molar-refractivity contribution in [2.45, 2.75) is 0 Å². The Morgan fingerprint density at radius 2 is 1.63 bits per heavy atom. The first kappa shape index (κ1) is 18.3. The summed E-state index contributed by atoms with van der Waals surface area (Å²) in [6, 6.07) is 20.0. The van der Waals surface area contributed by atoms with Gasteiger partial charge in [0.05, 0.1) is 13.7 Å². The highest BCUT2D eigenvalue weighted by Crippen LogP contribution is 2.19. The number of carbonyl (C=O) groups excluding carboxylic acids is 2. The zero-order valence-corrected chi connectivity index (χ0v) is 14.7. The van der Waals surface area contributed by atoms with Gasteiger partial charge in [0.1, 0.15) is 0 Å². The topological polar surface area (TPSA) is 55.4 Å². The highest BCUT2D eigenvalue weighted by Gasteiger charge is 2.12. The second kappa shape index (κ2) is 8.27. The summed E-state index contributed by atoms with van der Waals surface area (Å²) >= 11 is 0. The van der Waals surface area contributed by atoms with Gasteiger partial charge in [-0.05, 0) is 30.3 Å². The van der Waals surface area contributed by atoms with Crippen LogP contribution in [0.15, 0.2) is 72.8 Å². The average Bonchev–Trinajstić information content (AvgIpc) is 2.72. The third kappa shape index (κ3) is 4.39. The number of ether oxygens (including phenoxy) is 1. The molecule has 4 nitrogen and oxygen atoms in total. The molecule has 0 radical (unpaired) electrons. The van der Waals surface area contributed by atoms with E-state index in [1.807, 2.05) is 18.2 Å². The van der Waals surface area contributed by atoms with Crippen LogP contribution < -0.4 is 10.1 Å². The van der Waals surface area contributed by atoms with Crippen LogP contribution in [0.4, 0.5) is 10.1 Å². The van der Waals surface area contributed by atoms with Gasteiger partial charge in [-0.25, -0.2) is 4.39 Å². The molecule has 0 saturated heterocycles. The smallest absolute Gasteiger partial charge is 0.193 e. The van der Waals surface area contributed by atoms with E-state index in [9.17, 15) is 14.0 Å². The van der Waals surface area contributed by atoms with Gasteiger partial charge in [-0.3, -0.25) is 9.59 Å². The van der Waals surface area contributed by atoms with E-state index in [0.717, 1.165) is 6.07 Å². The predicted molar refractivity (Wildman–Crippen MR) is 102 cm³/mol. The van der Waals surface area contributed by atoms with E-state index in [0.29, 0.717) is 16.8 Å². The minimum Gasteiger partial charge on any atom is -0.494 e. The second-order valence-electron chi connectivity index (χ2n) is 5.90. The van der Waals surface area contributed by atoms with Crippen molar-refractivity contribution in [2.75, 3.05) is 19.0 Å². The fourth-order valence-electron chi connectivity index (χ4n) is 2.65. The normalized spacial score (nSPS) is 10.3. The van der Waals surface area contributed by atoms with E-state index >= 15 is 0 Å². The molecule has 3 rings (SSSR count). The van der Waals surface area contributed by atoms with Gasteiger partial charge in [0, 0.05) is 22.4 Å². The molecule has 3 aromatic carbocycles. The molecule has 0 aliphatic heterocycles. The van der Waals surface area contributed by atoms with E-state index in [-0.39, 0.29) is 29.4 Å². The molecule has 27 heavy (non-hydrogen) atoms. The summed E-state index contributed by atoms with van der Waals surface area (Å²) in [6.07, 6.45) is 0. The molecular weight excluding hydrogens is 345 g/mol. The number of hydrogen-bond donors (Lipinski definition) is 1. The van der Waals surface area contributed by atoms with Gasteiger partial charge in [0.2, 0.25) is 0 Å². The number of halogens is 1. The van der Waals surface area contributed by atoms with Crippen LogP contribution in [0.3, 0.4) is 0 Å². The van der Waals surface area contributed by atoms with Crippen LogP contribution in [0.2, 0.25) is 0 Å². The summed E-state index contributed by atoms with van der Waals surface area (Å²) in [6.45, 7) is -0.0191. The van der Waals surface area contributed by atoms with Crippen molar-refractivity contribution < 1.29 is 18.7 Å². The fourth-order valence-corrected chi connectivity index (χ4v) is 2.65. The maximum absolute atomic E-state index is 13.7. The number of ketones is 2. The molecule has 0 unspecified atom stereocenters. The lowest BCUT2D eigenvalue weighted by Crippen LogP contribution is -2.14. The number of carbonyl (C=O) groups is 2. The van der Waals surface area contributed by atoms with Gasteiger partial charge >= 0.3 is 0 Å². The van der Waals surface area contributed by atoms with E-state index in [4.69, 9.17) is 4.74 Å². The lowest BCUT2D eigenvalue weighted by Gasteiger charge is -2.09. The first-order valence-corrected chi connectivity index (χ1v) is 8.39. The van der Waals surface area contributed by atoms with Gasteiger partial charge in [0.15, 0.2) is 23.1 Å². The largest absolute Gasteiger partial charge is 0.494 e. The van der Waals surface area contributed by atoms with Crippen molar-refractivity contribution in [3.63, 3.8) is 0 Å². The summed E-state index contributed by atoms with van der Waals surface area (Å²) in [7, 11) is 1.37. The fraction of sp³-hybridized carbons (Fsp3) is 0.0909. The van der Waals surface area contributed by atoms with Crippen molar-refractivity contribution in [2.24, 2.45) is 0 Å². The highest BCUT2D eigenvalue weighted by atomic mass is 19.1. The summed E-state index contributed by atoms with van der Waals surface area (Å²) in [5, 5.41) is 2.98. The lowest BCUT2D eigenvalue weighted by molar-refractivity contribution is 0.100. The first-order valence-electron chi connectivity index (χ1n) is 8.39. The summed E-state index contributed by atoms with van der Waals surface area (Å²) in [5.74, 6) is -0.857. The van der Waals surface area contributed by atoms with Crippen LogP contribution in [0.1, 0.15) is 26.3 Å². The minimum atomic E-state index is -0.584. The lowest BCUT2D eigenvalue weighted by atomic mass is 10.0. The minimum absolute atomic E-state index is 0.0191. The Balaban J connectivity index is 1.69. The second-order valence-corrected chi connectivity index (χ2v) is 5.90. The van der Waals surface area contributed by atoms with Crippen molar-refractivity contribution >= 4 is 17.3 Å². The number of benzene rings is 3. The summed E-state index contributed by atoms with van der Waals surface area (Å²) in [5.41, 5.74) is 2.00. The van der Waals surface area contributed by atoms with Crippen molar-refractivity contribution in [1.29, 1.82) is 0 Å². The molecule has 0 bridgehead atoms. The Kier molecular flexibility index (Phi) is 5.61. The molecule has 0 atom stereocenters. The first-order chi connectivity index (χ1) is 13.1. The Hall–Kier alpha value is -3.47. The zero-order valence-electron chi connectivity index (χ0n) is 14.7. The molecule has 1 N–H and O–H groups in total. The van der Waals surface area contributed by atoms with E-state index in [1.165, 1.54) is 19.2 Å².